The smallest absolute Gasteiger partial charge is 0.378 e. The van der Waals surface area contributed by atoms with Gasteiger partial charge in [-0.1, -0.05) is 5.16 Å². The average molecular weight is 284 g/mol. The molecule has 0 bridgehead atoms. The van der Waals surface area contributed by atoms with Gasteiger partial charge in [0, 0.05) is 22.5 Å². The first-order valence-corrected chi connectivity index (χ1v) is 5.08. The molecule has 2 rings (SSSR count). The van der Waals surface area contributed by atoms with Crippen molar-refractivity contribution in [2.24, 2.45) is 0 Å². The minimum Gasteiger partial charge on any atom is -0.378 e. The van der Waals surface area contributed by atoms with Gasteiger partial charge in [-0.15, -0.1) is 0 Å². The van der Waals surface area contributed by atoms with Gasteiger partial charge in [0.2, 0.25) is 0 Å². The van der Waals surface area contributed by atoms with E-state index in [1.54, 1.807) is 0 Å². The van der Waals surface area contributed by atoms with Gasteiger partial charge in [-0.05, 0) is 0 Å². The predicted octanol–water partition coefficient (Wildman–Crippen LogP) is 1.17. The van der Waals surface area contributed by atoms with Crippen molar-refractivity contribution in [1.82, 2.24) is 15.5 Å². The number of nitrogens with zero attached hydrogens (tertiary/aromatic N) is 2. The lowest BCUT2D eigenvalue weighted by atomic mass is 10.2. The number of halogens is 3. The lowest BCUT2D eigenvalue weighted by Crippen LogP contribution is -2.35. The zero-order chi connectivity index (χ0) is 10.9. The summed E-state index contributed by atoms with van der Waals surface area (Å²) >= 11 is 2.14. The van der Waals surface area contributed by atoms with Crippen molar-refractivity contribution in [1.29, 1.82) is 0 Å². The number of ether oxygens (including phenoxy) is 1. The van der Waals surface area contributed by atoms with Gasteiger partial charge in [-0.25, -0.2) is 0 Å². The Morgan fingerprint density at radius 3 is 2.87 bits per heavy atom. The molecule has 1 unspecified atom stereocenters. The van der Waals surface area contributed by atoms with Crippen LogP contribution in [-0.4, -0.2) is 29.9 Å². The minimum atomic E-state index is -3.28. The second kappa shape index (κ2) is 4.11. The molecular formula is C7H8BrF2N3O2. The quantitative estimate of drug-likeness (QED) is 0.826. The van der Waals surface area contributed by atoms with Crippen LogP contribution in [0.2, 0.25) is 0 Å². The molecule has 2 heterocycles. The summed E-state index contributed by atoms with van der Waals surface area (Å²) in [5.74, 6) is -0.561. The standard InChI is InChI=1S/C7H8BrF2N3O2/c8-7(9,10)6-12-5(13-15-6)4-3-14-2-1-11-4/h4,11H,1-3H2. The van der Waals surface area contributed by atoms with Crippen LogP contribution in [0.25, 0.3) is 0 Å². The highest BCUT2D eigenvalue weighted by Gasteiger charge is 2.36. The average Bonchev–Trinajstić information content (AvgIpc) is 2.67. The molecular weight excluding hydrogens is 276 g/mol. The maximum absolute atomic E-state index is 12.7. The lowest BCUT2D eigenvalue weighted by Gasteiger charge is -2.20. The Morgan fingerprint density at radius 1 is 1.53 bits per heavy atom. The fourth-order valence-electron chi connectivity index (χ4n) is 1.22. The molecule has 0 aromatic carbocycles. The second-order valence-corrected chi connectivity index (χ2v) is 4.03. The van der Waals surface area contributed by atoms with E-state index in [0.29, 0.717) is 19.8 Å². The third-order valence-electron chi connectivity index (χ3n) is 1.92. The van der Waals surface area contributed by atoms with Crippen molar-refractivity contribution in [3.05, 3.63) is 11.7 Å². The molecule has 1 fully saturated rings. The van der Waals surface area contributed by atoms with Crippen LogP contribution in [0.4, 0.5) is 8.78 Å². The number of morpholine rings is 1. The fourth-order valence-corrected chi connectivity index (χ4v) is 1.38. The highest BCUT2D eigenvalue weighted by atomic mass is 79.9. The molecule has 84 valence electrons. The molecule has 1 aromatic rings. The number of aromatic nitrogens is 2. The fraction of sp³-hybridized carbons (Fsp3) is 0.714. The summed E-state index contributed by atoms with van der Waals surface area (Å²) in [6.07, 6.45) is 0. The van der Waals surface area contributed by atoms with Crippen molar-refractivity contribution in [3.63, 3.8) is 0 Å². The van der Waals surface area contributed by atoms with Crippen molar-refractivity contribution in [2.75, 3.05) is 19.8 Å². The molecule has 1 aliphatic heterocycles. The van der Waals surface area contributed by atoms with Gasteiger partial charge in [0.1, 0.15) is 0 Å². The Bertz CT molecular complexity index is 335. The Balaban J connectivity index is 2.12. The third kappa shape index (κ3) is 2.50. The van der Waals surface area contributed by atoms with E-state index in [4.69, 9.17) is 4.74 Å². The van der Waals surface area contributed by atoms with Crippen LogP contribution >= 0.6 is 15.9 Å². The molecule has 5 nitrogen and oxygen atoms in total. The van der Waals surface area contributed by atoms with Crippen LogP contribution in [0.5, 0.6) is 0 Å². The van der Waals surface area contributed by atoms with E-state index in [9.17, 15) is 8.78 Å². The molecule has 1 aliphatic rings. The summed E-state index contributed by atoms with van der Waals surface area (Å²) in [4.78, 5) is 0.304. The topological polar surface area (TPSA) is 60.2 Å². The SMILES string of the molecule is FC(F)(Br)c1nc(C2COCCN2)no1. The number of alkyl halides is 3. The Morgan fingerprint density at radius 2 is 2.33 bits per heavy atom. The first-order valence-electron chi connectivity index (χ1n) is 4.29. The Hall–Kier alpha value is -0.600. The van der Waals surface area contributed by atoms with Gasteiger partial charge in [0.05, 0.1) is 19.3 Å². The van der Waals surface area contributed by atoms with Gasteiger partial charge >= 0.3 is 10.7 Å². The molecule has 0 spiro atoms. The van der Waals surface area contributed by atoms with E-state index >= 15 is 0 Å². The Labute approximate surface area is 92.3 Å². The van der Waals surface area contributed by atoms with E-state index in [1.165, 1.54) is 0 Å². The number of hydrogen-bond acceptors (Lipinski definition) is 5. The first kappa shape index (κ1) is 10.9. The summed E-state index contributed by atoms with van der Waals surface area (Å²) in [5.41, 5.74) is 0. The lowest BCUT2D eigenvalue weighted by molar-refractivity contribution is 0.0715. The molecule has 0 saturated carbocycles. The maximum Gasteiger partial charge on any atom is 0.378 e. The van der Waals surface area contributed by atoms with Crippen LogP contribution < -0.4 is 5.32 Å². The molecule has 0 amide bonds. The Kier molecular flexibility index (Phi) is 2.98. The van der Waals surface area contributed by atoms with Crippen LogP contribution in [0.15, 0.2) is 4.52 Å². The zero-order valence-corrected chi connectivity index (χ0v) is 9.13. The number of hydrogen-bond donors (Lipinski definition) is 1. The second-order valence-electron chi connectivity index (χ2n) is 3.04. The van der Waals surface area contributed by atoms with Crippen molar-refractivity contribution < 1.29 is 18.0 Å². The van der Waals surface area contributed by atoms with E-state index in [-0.39, 0.29) is 11.9 Å². The van der Waals surface area contributed by atoms with Crippen LogP contribution in [0.3, 0.4) is 0 Å². The summed E-state index contributed by atoms with van der Waals surface area (Å²) in [6.45, 7) is 1.59. The zero-order valence-electron chi connectivity index (χ0n) is 7.54. The summed E-state index contributed by atoms with van der Waals surface area (Å²) in [7, 11) is 0. The third-order valence-corrected chi connectivity index (χ3v) is 2.26. The van der Waals surface area contributed by atoms with Gasteiger partial charge in [-0.2, -0.15) is 13.8 Å². The van der Waals surface area contributed by atoms with Gasteiger partial charge < -0.3 is 14.6 Å². The highest BCUT2D eigenvalue weighted by molar-refractivity contribution is 9.09. The van der Waals surface area contributed by atoms with Gasteiger partial charge in [0.15, 0.2) is 5.82 Å². The minimum absolute atomic E-state index is 0.184. The van der Waals surface area contributed by atoms with Crippen LogP contribution in [0.1, 0.15) is 17.8 Å². The van der Waals surface area contributed by atoms with E-state index in [0.717, 1.165) is 0 Å². The maximum atomic E-state index is 12.7. The normalized spacial score (nSPS) is 23.0. The number of nitrogens with one attached hydrogen (secondary N) is 1. The highest BCUT2D eigenvalue weighted by Crippen LogP contribution is 2.33. The molecule has 0 aliphatic carbocycles. The van der Waals surface area contributed by atoms with E-state index in [1.807, 2.05) is 0 Å². The number of rotatable bonds is 2. The summed E-state index contributed by atoms with van der Waals surface area (Å²) in [6, 6.07) is -0.286. The van der Waals surface area contributed by atoms with Crippen molar-refractivity contribution in [3.8, 4) is 0 Å². The van der Waals surface area contributed by atoms with Crippen LogP contribution in [-0.2, 0) is 9.57 Å². The molecule has 1 N–H and O–H groups in total. The summed E-state index contributed by atoms with van der Waals surface area (Å²) in [5, 5.41) is 6.50. The van der Waals surface area contributed by atoms with Crippen LogP contribution in [0, 0.1) is 0 Å². The first-order chi connectivity index (χ1) is 7.07. The van der Waals surface area contributed by atoms with Crippen molar-refractivity contribution >= 4 is 15.9 Å². The van der Waals surface area contributed by atoms with E-state index in [2.05, 4.69) is 35.9 Å². The van der Waals surface area contributed by atoms with E-state index < -0.39 is 10.7 Å². The predicted molar refractivity (Wildman–Crippen MR) is 48.7 cm³/mol. The largest absolute Gasteiger partial charge is 0.378 e. The summed E-state index contributed by atoms with van der Waals surface area (Å²) < 4.78 is 35.0. The molecule has 15 heavy (non-hydrogen) atoms. The molecule has 8 heteroatoms. The van der Waals surface area contributed by atoms with Gasteiger partial charge in [-0.3, -0.25) is 0 Å². The molecule has 1 atom stereocenters. The molecule has 1 saturated heterocycles. The molecule has 1 aromatic heterocycles. The van der Waals surface area contributed by atoms with Crippen molar-refractivity contribution in [2.45, 2.75) is 10.9 Å². The molecule has 0 radical (unpaired) electrons. The monoisotopic (exact) mass is 283 g/mol. The van der Waals surface area contributed by atoms with Gasteiger partial charge in [0.25, 0.3) is 0 Å².